The number of benzene rings is 2. The van der Waals surface area contributed by atoms with Crippen molar-refractivity contribution < 1.29 is 13.9 Å². The summed E-state index contributed by atoms with van der Waals surface area (Å²) in [7, 11) is 2.99. The van der Waals surface area contributed by atoms with Crippen LogP contribution in [0.4, 0.5) is 0 Å². The number of aromatic nitrogens is 1. The van der Waals surface area contributed by atoms with E-state index in [1.165, 1.54) is 25.6 Å². The van der Waals surface area contributed by atoms with Crippen LogP contribution >= 0.6 is 11.3 Å². The molecule has 0 saturated heterocycles. The van der Waals surface area contributed by atoms with Gasteiger partial charge in [0.1, 0.15) is 22.2 Å². The molecule has 0 N–H and O–H groups in total. The number of para-hydroxylation sites is 1. The monoisotopic (exact) mass is 364 g/mol. The fourth-order valence-electron chi connectivity index (χ4n) is 2.82. The fourth-order valence-corrected chi connectivity index (χ4v) is 3.82. The molecule has 0 aliphatic carbocycles. The van der Waals surface area contributed by atoms with E-state index < -0.39 is 5.63 Å². The highest BCUT2D eigenvalue weighted by atomic mass is 32.1. The Kier molecular flexibility index (Phi) is 3.82. The molecule has 2 heterocycles. The van der Waals surface area contributed by atoms with E-state index in [1.807, 2.05) is 24.3 Å². The number of rotatable bonds is 3. The van der Waals surface area contributed by atoms with Crippen molar-refractivity contribution in [3.8, 4) is 28.1 Å². The average molecular weight is 364 g/mol. The summed E-state index contributed by atoms with van der Waals surface area (Å²) in [4.78, 5) is 17.1. The Labute approximate surface area is 151 Å². The minimum Gasteiger partial charge on any atom is -0.493 e. The highest BCUT2D eigenvalue weighted by Crippen LogP contribution is 2.37. The first-order valence-corrected chi connectivity index (χ1v) is 8.46. The number of ether oxygens (including phenoxy) is 2. The second kappa shape index (κ2) is 6.17. The quantitative estimate of drug-likeness (QED) is 0.512. The van der Waals surface area contributed by atoms with Gasteiger partial charge in [0.15, 0.2) is 11.5 Å². The van der Waals surface area contributed by atoms with Crippen LogP contribution in [0.2, 0.25) is 0 Å². The standard InChI is InChI=1S/C19H12N2O4S/c1-23-14-7-10-11(9-20)17(19(22)25-13(10)8-15(14)24-2)18-21-12-5-3-4-6-16(12)26-18/h3-8H,1-2H3. The van der Waals surface area contributed by atoms with Crippen molar-refractivity contribution in [3.05, 3.63) is 52.4 Å². The number of hydrogen-bond donors (Lipinski definition) is 0. The molecule has 7 heteroatoms. The summed E-state index contributed by atoms with van der Waals surface area (Å²) in [5, 5.41) is 10.7. The lowest BCUT2D eigenvalue weighted by molar-refractivity contribution is 0.355. The summed E-state index contributed by atoms with van der Waals surface area (Å²) in [5.41, 5.74) is 0.780. The summed E-state index contributed by atoms with van der Waals surface area (Å²) in [6, 6.07) is 12.8. The van der Waals surface area contributed by atoms with Crippen LogP contribution in [0.15, 0.2) is 45.6 Å². The van der Waals surface area contributed by atoms with Gasteiger partial charge in [0.2, 0.25) is 0 Å². The number of fused-ring (bicyclic) bond motifs is 2. The molecule has 0 fully saturated rings. The maximum absolute atomic E-state index is 12.6. The van der Waals surface area contributed by atoms with Gasteiger partial charge in [-0.05, 0) is 18.2 Å². The van der Waals surface area contributed by atoms with Gasteiger partial charge in [-0.25, -0.2) is 9.78 Å². The lowest BCUT2D eigenvalue weighted by Crippen LogP contribution is -2.06. The Morgan fingerprint density at radius 2 is 1.88 bits per heavy atom. The van der Waals surface area contributed by atoms with Crippen LogP contribution in [-0.4, -0.2) is 19.2 Å². The molecule has 0 aliphatic heterocycles. The maximum atomic E-state index is 12.6. The molecule has 4 aromatic rings. The van der Waals surface area contributed by atoms with Gasteiger partial charge in [-0.1, -0.05) is 12.1 Å². The second-order valence-corrected chi connectivity index (χ2v) is 6.47. The Hall–Kier alpha value is -3.37. The predicted octanol–water partition coefficient (Wildman–Crippen LogP) is 3.96. The van der Waals surface area contributed by atoms with Crippen LogP contribution in [0, 0.1) is 11.3 Å². The summed E-state index contributed by atoms with van der Waals surface area (Å²) in [6.07, 6.45) is 0. The molecular formula is C19H12N2O4S. The number of hydrogen-bond acceptors (Lipinski definition) is 7. The molecular weight excluding hydrogens is 352 g/mol. The molecule has 0 saturated carbocycles. The van der Waals surface area contributed by atoms with Crippen LogP contribution in [0.3, 0.4) is 0 Å². The topological polar surface area (TPSA) is 85.4 Å². The van der Waals surface area contributed by atoms with E-state index in [1.54, 1.807) is 12.1 Å². The maximum Gasteiger partial charge on any atom is 0.348 e. The number of methoxy groups -OCH3 is 2. The smallest absolute Gasteiger partial charge is 0.348 e. The highest BCUT2D eigenvalue weighted by molar-refractivity contribution is 7.21. The van der Waals surface area contributed by atoms with Gasteiger partial charge in [-0.2, -0.15) is 5.26 Å². The molecule has 26 heavy (non-hydrogen) atoms. The second-order valence-electron chi connectivity index (χ2n) is 5.44. The molecule has 6 nitrogen and oxygen atoms in total. The molecule has 0 aliphatic rings. The molecule has 0 unspecified atom stereocenters. The number of nitriles is 1. The van der Waals surface area contributed by atoms with E-state index >= 15 is 0 Å². The van der Waals surface area contributed by atoms with E-state index in [2.05, 4.69) is 11.1 Å². The van der Waals surface area contributed by atoms with Gasteiger partial charge in [-0.15, -0.1) is 11.3 Å². The van der Waals surface area contributed by atoms with Gasteiger partial charge >= 0.3 is 5.63 Å². The van der Waals surface area contributed by atoms with E-state index in [-0.39, 0.29) is 16.7 Å². The van der Waals surface area contributed by atoms with Crippen molar-refractivity contribution in [1.82, 2.24) is 4.98 Å². The van der Waals surface area contributed by atoms with Gasteiger partial charge < -0.3 is 13.9 Å². The van der Waals surface area contributed by atoms with Crippen LogP contribution in [-0.2, 0) is 0 Å². The van der Waals surface area contributed by atoms with E-state index in [0.29, 0.717) is 21.9 Å². The van der Waals surface area contributed by atoms with Crippen molar-refractivity contribution in [1.29, 1.82) is 5.26 Å². The lowest BCUT2D eigenvalue weighted by Gasteiger charge is -2.10. The third-order valence-corrected chi connectivity index (χ3v) is 5.09. The summed E-state index contributed by atoms with van der Waals surface area (Å²) >= 11 is 1.34. The zero-order chi connectivity index (χ0) is 18.3. The normalized spacial score (nSPS) is 10.8. The fraction of sp³-hybridized carbons (Fsp3) is 0.105. The van der Waals surface area contributed by atoms with Crippen molar-refractivity contribution in [2.45, 2.75) is 0 Å². The van der Waals surface area contributed by atoms with Gasteiger partial charge in [0, 0.05) is 11.5 Å². The Morgan fingerprint density at radius 3 is 2.58 bits per heavy atom. The zero-order valence-corrected chi connectivity index (χ0v) is 14.7. The van der Waals surface area contributed by atoms with Crippen LogP contribution < -0.4 is 15.1 Å². The largest absolute Gasteiger partial charge is 0.493 e. The molecule has 128 valence electrons. The van der Waals surface area contributed by atoms with Crippen molar-refractivity contribution in [3.63, 3.8) is 0 Å². The molecule has 0 atom stereocenters. The first-order chi connectivity index (χ1) is 12.7. The third-order valence-electron chi connectivity index (χ3n) is 4.03. The predicted molar refractivity (Wildman–Crippen MR) is 98.9 cm³/mol. The SMILES string of the molecule is COc1cc2oc(=O)c(-c3nc4ccccc4s3)c(C#N)c2cc1OC. The van der Waals surface area contributed by atoms with Gasteiger partial charge in [0.25, 0.3) is 0 Å². The number of thiazole rings is 1. The third kappa shape index (κ3) is 2.39. The molecule has 0 bridgehead atoms. The molecule has 2 aromatic carbocycles. The highest BCUT2D eigenvalue weighted by Gasteiger charge is 2.21. The molecule has 0 radical (unpaired) electrons. The molecule has 2 aromatic heterocycles. The van der Waals surface area contributed by atoms with Crippen molar-refractivity contribution in [2.75, 3.05) is 14.2 Å². The van der Waals surface area contributed by atoms with Crippen molar-refractivity contribution >= 4 is 32.5 Å². The van der Waals surface area contributed by atoms with Gasteiger partial charge in [-0.3, -0.25) is 0 Å². The molecule has 0 spiro atoms. The van der Waals surface area contributed by atoms with E-state index in [9.17, 15) is 10.1 Å². The van der Waals surface area contributed by atoms with Crippen LogP contribution in [0.5, 0.6) is 11.5 Å². The lowest BCUT2D eigenvalue weighted by atomic mass is 10.1. The Morgan fingerprint density at radius 1 is 1.15 bits per heavy atom. The van der Waals surface area contributed by atoms with E-state index in [0.717, 1.165) is 10.2 Å². The minimum absolute atomic E-state index is 0.161. The van der Waals surface area contributed by atoms with Gasteiger partial charge in [0.05, 0.1) is 30.0 Å². The number of nitrogens with zero attached hydrogens (tertiary/aromatic N) is 2. The first-order valence-electron chi connectivity index (χ1n) is 7.65. The molecule has 4 rings (SSSR count). The summed E-state index contributed by atoms with van der Waals surface area (Å²) < 4.78 is 16.9. The average Bonchev–Trinajstić information content (AvgIpc) is 3.09. The Bertz CT molecular complexity index is 1220. The van der Waals surface area contributed by atoms with E-state index in [4.69, 9.17) is 13.9 Å². The summed E-state index contributed by atoms with van der Waals surface area (Å²) in [5.74, 6) is 0.861. The van der Waals surface area contributed by atoms with Crippen LogP contribution in [0.1, 0.15) is 5.56 Å². The Balaban J connectivity index is 2.08. The first kappa shape index (κ1) is 16.1. The van der Waals surface area contributed by atoms with Crippen LogP contribution in [0.25, 0.3) is 31.8 Å². The molecule has 0 amide bonds. The summed E-state index contributed by atoms with van der Waals surface area (Å²) in [6.45, 7) is 0. The minimum atomic E-state index is -0.611. The van der Waals surface area contributed by atoms with Crippen molar-refractivity contribution in [2.24, 2.45) is 0 Å². The zero-order valence-electron chi connectivity index (χ0n) is 13.9.